The molecule has 1 aliphatic carbocycles. The summed E-state index contributed by atoms with van der Waals surface area (Å²) in [4.78, 5) is 30.9. The van der Waals surface area contributed by atoms with Crippen molar-refractivity contribution in [3.8, 4) is 0 Å². The number of carbonyl (C=O) groups excluding carboxylic acids is 2. The molecule has 28 heavy (non-hydrogen) atoms. The number of morpholine rings is 1. The van der Waals surface area contributed by atoms with E-state index in [1.165, 1.54) is 6.42 Å². The van der Waals surface area contributed by atoms with Gasteiger partial charge in [0.15, 0.2) is 0 Å². The van der Waals surface area contributed by atoms with Gasteiger partial charge in [-0.3, -0.25) is 9.59 Å². The van der Waals surface area contributed by atoms with Gasteiger partial charge in [-0.15, -0.1) is 0 Å². The lowest BCUT2D eigenvalue weighted by Gasteiger charge is -2.43. The molecule has 1 aromatic carbocycles. The highest BCUT2D eigenvalue weighted by Gasteiger charge is 2.49. The summed E-state index contributed by atoms with van der Waals surface area (Å²) in [5.74, 6) is 0.553. The van der Waals surface area contributed by atoms with E-state index >= 15 is 0 Å². The average molecular weight is 385 g/mol. The van der Waals surface area contributed by atoms with Crippen molar-refractivity contribution < 1.29 is 14.3 Å². The Morgan fingerprint density at radius 3 is 2.54 bits per heavy atom. The molecule has 0 radical (unpaired) electrons. The first kappa shape index (κ1) is 19.4. The third kappa shape index (κ3) is 3.69. The number of ether oxygens (including phenoxy) is 1. The topological polar surface area (TPSA) is 49.9 Å². The number of amides is 2. The van der Waals surface area contributed by atoms with Gasteiger partial charge < -0.3 is 14.5 Å². The van der Waals surface area contributed by atoms with E-state index in [9.17, 15) is 9.59 Å². The average Bonchev–Trinajstić information content (AvgIpc) is 3.05. The van der Waals surface area contributed by atoms with Crippen molar-refractivity contribution in [1.29, 1.82) is 0 Å². The van der Waals surface area contributed by atoms with Crippen molar-refractivity contribution in [2.24, 2.45) is 5.92 Å². The molecular weight excluding hydrogens is 352 g/mol. The van der Waals surface area contributed by atoms with Gasteiger partial charge in [-0.1, -0.05) is 31.0 Å². The minimum atomic E-state index is -0.354. The number of nitrogens with zero attached hydrogens (tertiary/aromatic N) is 2. The number of hydrogen-bond donors (Lipinski definition) is 0. The van der Waals surface area contributed by atoms with E-state index in [-0.39, 0.29) is 35.6 Å². The predicted molar refractivity (Wildman–Crippen MR) is 108 cm³/mol. The predicted octanol–water partition coefficient (Wildman–Crippen LogP) is 3.49. The molecule has 2 heterocycles. The standard InChI is InChI=1S/C23H32N2O3/c1-16-14-24(15-23(2,3)28-16)22(27)20-13-18-11-7-8-12-19(18)25(20)21(26)17-9-5-4-6-10-17/h4-6,9-10,16,18-20H,7-8,11-15H2,1-3H3. The van der Waals surface area contributed by atoms with Crippen LogP contribution in [0.2, 0.25) is 0 Å². The highest BCUT2D eigenvalue weighted by Crippen LogP contribution is 2.41. The van der Waals surface area contributed by atoms with Crippen LogP contribution in [0.1, 0.15) is 63.2 Å². The molecule has 3 aliphatic rings. The highest BCUT2D eigenvalue weighted by molar-refractivity contribution is 5.98. The molecule has 0 spiro atoms. The van der Waals surface area contributed by atoms with E-state index in [1.807, 2.05) is 60.9 Å². The first-order valence-electron chi connectivity index (χ1n) is 10.7. The fourth-order valence-corrected chi connectivity index (χ4v) is 5.53. The van der Waals surface area contributed by atoms with E-state index in [1.54, 1.807) is 0 Å². The Labute approximate surface area is 168 Å². The molecule has 4 rings (SSSR count). The second-order valence-electron chi connectivity index (χ2n) is 9.35. The summed E-state index contributed by atoms with van der Waals surface area (Å²) in [5, 5.41) is 0. The van der Waals surface area contributed by atoms with E-state index in [0.29, 0.717) is 24.6 Å². The number of carbonyl (C=O) groups is 2. The highest BCUT2D eigenvalue weighted by atomic mass is 16.5. The fraction of sp³-hybridized carbons (Fsp3) is 0.652. The van der Waals surface area contributed by atoms with Crippen molar-refractivity contribution >= 4 is 11.8 Å². The smallest absolute Gasteiger partial charge is 0.254 e. The maximum atomic E-state index is 13.6. The van der Waals surface area contributed by atoms with E-state index in [4.69, 9.17) is 4.74 Å². The lowest BCUT2D eigenvalue weighted by molar-refractivity contribution is -0.161. The normalized spacial score (nSPS) is 32.1. The molecule has 2 aliphatic heterocycles. The number of rotatable bonds is 2. The number of fused-ring (bicyclic) bond motifs is 1. The summed E-state index contributed by atoms with van der Waals surface area (Å²) < 4.78 is 5.98. The molecule has 0 N–H and O–H groups in total. The van der Waals surface area contributed by atoms with Crippen LogP contribution in [-0.2, 0) is 9.53 Å². The zero-order chi connectivity index (χ0) is 19.9. The number of likely N-dealkylation sites (tertiary alicyclic amines) is 1. The van der Waals surface area contributed by atoms with Gasteiger partial charge in [0.2, 0.25) is 5.91 Å². The molecule has 3 fully saturated rings. The summed E-state index contributed by atoms with van der Waals surface area (Å²) in [6, 6.07) is 9.28. The van der Waals surface area contributed by atoms with Crippen molar-refractivity contribution in [2.75, 3.05) is 13.1 Å². The maximum absolute atomic E-state index is 13.6. The van der Waals surface area contributed by atoms with Gasteiger partial charge in [0.1, 0.15) is 6.04 Å². The lowest BCUT2D eigenvalue weighted by Crippen LogP contribution is -2.58. The van der Waals surface area contributed by atoms with Crippen LogP contribution in [0.3, 0.4) is 0 Å². The van der Waals surface area contributed by atoms with E-state index in [2.05, 4.69) is 0 Å². The van der Waals surface area contributed by atoms with Crippen molar-refractivity contribution in [3.63, 3.8) is 0 Å². The molecule has 5 heteroatoms. The summed E-state index contributed by atoms with van der Waals surface area (Å²) in [5.41, 5.74) is 0.328. The number of benzene rings is 1. The molecule has 2 amide bonds. The van der Waals surface area contributed by atoms with E-state index < -0.39 is 0 Å². The van der Waals surface area contributed by atoms with Crippen LogP contribution in [0.15, 0.2) is 30.3 Å². The molecule has 1 aromatic rings. The molecule has 4 unspecified atom stereocenters. The maximum Gasteiger partial charge on any atom is 0.254 e. The zero-order valence-corrected chi connectivity index (χ0v) is 17.3. The molecule has 2 saturated heterocycles. The Balaban J connectivity index is 1.62. The summed E-state index contributed by atoms with van der Waals surface area (Å²) in [6.45, 7) is 7.26. The summed E-state index contributed by atoms with van der Waals surface area (Å²) >= 11 is 0. The van der Waals surface area contributed by atoms with Gasteiger partial charge in [-0.25, -0.2) is 0 Å². The quantitative estimate of drug-likeness (QED) is 0.784. The third-order valence-electron chi connectivity index (χ3n) is 6.51. The van der Waals surface area contributed by atoms with Crippen LogP contribution < -0.4 is 0 Å². The first-order chi connectivity index (χ1) is 13.4. The second-order valence-corrected chi connectivity index (χ2v) is 9.35. The van der Waals surface area contributed by atoms with Gasteiger partial charge in [-0.2, -0.15) is 0 Å². The van der Waals surface area contributed by atoms with Crippen LogP contribution in [-0.4, -0.2) is 58.5 Å². The molecule has 0 aromatic heterocycles. The third-order valence-corrected chi connectivity index (χ3v) is 6.51. The fourth-order valence-electron chi connectivity index (χ4n) is 5.53. The van der Waals surface area contributed by atoms with Crippen LogP contribution in [0.4, 0.5) is 0 Å². The lowest BCUT2D eigenvalue weighted by atomic mass is 9.84. The molecule has 152 valence electrons. The van der Waals surface area contributed by atoms with Crippen LogP contribution in [0.5, 0.6) is 0 Å². The van der Waals surface area contributed by atoms with Gasteiger partial charge in [0, 0.05) is 24.7 Å². The SMILES string of the molecule is CC1CN(C(=O)C2CC3CCCCC3N2C(=O)c2ccccc2)CC(C)(C)O1. The Morgan fingerprint density at radius 2 is 1.82 bits per heavy atom. The van der Waals surface area contributed by atoms with Crippen LogP contribution in [0, 0.1) is 5.92 Å². The molecule has 0 bridgehead atoms. The Bertz CT molecular complexity index is 733. The summed E-state index contributed by atoms with van der Waals surface area (Å²) in [6.07, 6.45) is 5.29. The van der Waals surface area contributed by atoms with Crippen LogP contribution in [0.25, 0.3) is 0 Å². The molecular formula is C23H32N2O3. The van der Waals surface area contributed by atoms with Gasteiger partial charge >= 0.3 is 0 Å². The Hall–Kier alpha value is -1.88. The minimum absolute atomic E-state index is 0.00826. The Morgan fingerprint density at radius 1 is 1.11 bits per heavy atom. The minimum Gasteiger partial charge on any atom is -0.369 e. The monoisotopic (exact) mass is 384 g/mol. The zero-order valence-electron chi connectivity index (χ0n) is 17.3. The summed E-state index contributed by atoms with van der Waals surface area (Å²) in [7, 11) is 0. The second kappa shape index (κ2) is 7.51. The van der Waals surface area contributed by atoms with Crippen molar-refractivity contribution in [2.45, 2.75) is 76.7 Å². The number of hydrogen-bond acceptors (Lipinski definition) is 3. The molecule has 1 saturated carbocycles. The Kier molecular flexibility index (Phi) is 5.21. The largest absolute Gasteiger partial charge is 0.369 e. The van der Waals surface area contributed by atoms with Crippen LogP contribution >= 0.6 is 0 Å². The van der Waals surface area contributed by atoms with E-state index in [0.717, 1.165) is 25.7 Å². The van der Waals surface area contributed by atoms with Crippen molar-refractivity contribution in [1.82, 2.24) is 9.80 Å². The molecule has 5 nitrogen and oxygen atoms in total. The van der Waals surface area contributed by atoms with Gasteiger partial charge in [0.25, 0.3) is 5.91 Å². The van der Waals surface area contributed by atoms with Gasteiger partial charge in [-0.05, 0) is 58.1 Å². The van der Waals surface area contributed by atoms with Crippen molar-refractivity contribution in [3.05, 3.63) is 35.9 Å². The molecule has 4 atom stereocenters. The first-order valence-corrected chi connectivity index (χ1v) is 10.7. The van der Waals surface area contributed by atoms with Gasteiger partial charge in [0.05, 0.1) is 11.7 Å².